The molecule has 5 N–H and O–H groups in total. The predicted molar refractivity (Wildman–Crippen MR) is 47.3 cm³/mol. The second-order valence-electron chi connectivity index (χ2n) is 2.93. The van der Waals surface area contributed by atoms with Gasteiger partial charge in [-0.25, -0.2) is 0 Å². The maximum atomic E-state index is 10.9. The van der Waals surface area contributed by atoms with Crippen LogP contribution in [0.1, 0.15) is 18.5 Å². The van der Waals surface area contributed by atoms with E-state index in [1.807, 2.05) is 0 Å². The van der Waals surface area contributed by atoms with Gasteiger partial charge in [0.2, 0.25) is 0 Å². The normalized spacial score (nSPS) is 15.3. The fraction of sp³-hybridized carbons (Fsp3) is 0.375. The van der Waals surface area contributed by atoms with Gasteiger partial charge in [0.05, 0.1) is 12.1 Å². The van der Waals surface area contributed by atoms with Gasteiger partial charge in [-0.15, -0.1) is 0 Å². The lowest BCUT2D eigenvalue weighted by Crippen LogP contribution is -2.24. The summed E-state index contributed by atoms with van der Waals surface area (Å²) in [6.07, 6.45) is -0.763. The summed E-state index contributed by atoms with van der Waals surface area (Å²) in [5, 5.41) is 18.2. The zero-order valence-corrected chi connectivity index (χ0v) is 7.19. The Bertz CT molecular complexity index is 345. The Morgan fingerprint density at radius 3 is 2.62 bits per heavy atom. The number of hydrogen-bond acceptors (Lipinski definition) is 4. The first-order valence-electron chi connectivity index (χ1n) is 3.87. The molecule has 0 aliphatic heterocycles. The number of nitrogens with two attached hydrogens (primary N) is 1. The number of aliphatic hydroxyl groups is 1. The molecule has 0 aromatic carbocycles. The molecule has 13 heavy (non-hydrogen) atoms. The first-order valence-corrected chi connectivity index (χ1v) is 3.87. The van der Waals surface area contributed by atoms with Gasteiger partial charge >= 0.3 is 0 Å². The molecule has 5 nitrogen and oxygen atoms in total. The third-order valence-electron chi connectivity index (χ3n) is 1.76. The molecule has 0 radical (unpaired) electrons. The summed E-state index contributed by atoms with van der Waals surface area (Å²) >= 11 is 0. The van der Waals surface area contributed by atoms with Crippen LogP contribution in [0.4, 0.5) is 0 Å². The molecule has 72 valence electrons. The smallest absolute Gasteiger partial charge is 0.251 e. The molecule has 0 aliphatic carbocycles. The predicted octanol–water partition coefficient (Wildman–Crippen LogP) is -0.539. The van der Waals surface area contributed by atoms with Gasteiger partial charge in [0.1, 0.15) is 0 Å². The minimum Gasteiger partial charge on any atom is -0.495 e. The molecule has 0 fully saturated rings. The standard InChI is InChI=1S/C8H12N2O3/c1-4(11)8(9)5-2-6(12)10-7(13)3-5/h2-4,8,11H,9H2,1H3,(H2,10,12,13)/t4?,8-/m1/s1. The zero-order chi connectivity index (χ0) is 10.0. The van der Waals surface area contributed by atoms with Crippen molar-refractivity contribution in [1.29, 1.82) is 0 Å². The van der Waals surface area contributed by atoms with Crippen LogP contribution in [0.15, 0.2) is 16.9 Å². The number of aromatic nitrogens is 1. The van der Waals surface area contributed by atoms with Crippen LogP contribution in [0.25, 0.3) is 0 Å². The van der Waals surface area contributed by atoms with Crippen LogP contribution in [-0.4, -0.2) is 21.3 Å². The van der Waals surface area contributed by atoms with Crippen molar-refractivity contribution in [2.75, 3.05) is 0 Å². The van der Waals surface area contributed by atoms with E-state index < -0.39 is 17.7 Å². The molecule has 0 amide bonds. The molecule has 0 saturated carbocycles. The van der Waals surface area contributed by atoms with Gasteiger partial charge in [0.25, 0.3) is 5.56 Å². The molecule has 0 bridgehead atoms. The lowest BCUT2D eigenvalue weighted by molar-refractivity contribution is 0.164. The van der Waals surface area contributed by atoms with Crippen LogP contribution in [0.2, 0.25) is 0 Å². The Kier molecular flexibility index (Phi) is 2.69. The van der Waals surface area contributed by atoms with Gasteiger partial charge in [-0.05, 0) is 12.5 Å². The molecule has 1 aromatic heterocycles. The summed E-state index contributed by atoms with van der Waals surface area (Å²) in [6.45, 7) is 1.52. The first-order chi connectivity index (χ1) is 6.00. The molecular weight excluding hydrogens is 172 g/mol. The highest BCUT2D eigenvalue weighted by atomic mass is 16.3. The van der Waals surface area contributed by atoms with Crippen LogP contribution < -0.4 is 11.3 Å². The number of aromatic hydroxyl groups is 1. The number of hydrogen-bond donors (Lipinski definition) is 4. The van der Waals surface area contributed by atoms with Crippen molar-refractivity contribution in [3.63, 3.8) is 0 Å². The summed E-state index contributed by atoms with van der Waals surface area (Å²) in [6, 6.07) is 1.91. The highest BCUT2D eigenvalue weighted by Crippen LogP contribution is 2.14. The van der Waals surface area contributed by atoms with Crippen LogP contribution in [0.3, 0.4) is 0 Å². The van der Waals surface area contributed by atoms with E-state index in [0.29, 0.717) is 5.56 Å². The van der Waals surface area contributed by atoms with Crippen LogP contribution >= 0.6 is 0 Å². The zero-order valence-electron chi connectivity index (χ0n) is 7.19. The summed E-state index contributed by atoms with van der Waals surface area (Å²) in [5.74, 6) is -0.251. The topological polar surface area (TPSA) is 99.3 Å². The van der Waals surface area contributed by atoms with Crippen LogP contribution in [-0.2, 0) is 0 Å². The summed E-state index contributed by atoms with van der Waals surface area (Å²) in [4.78, 5) is 13.1. The van der Waals surface area contributed by atoms with Crippen molar-refractivity contribution in [2.24, 2.45) is 5.73 Å². The molecular formula is C8H12N2O3. The van der Waals surface area contributed by atoms with E-state index in [-0.39, 0.29) is 5.88 Å². The number of aromatic amines is 1. The number of H-pyrrole nitrogens is 1. The number of nitrogens with one attached hydrogen (secondary N) is 1. The van der Waals surface area contributed by atoms with Crippen molar-refractivity contribution in [2.45, 2.75) is 19.1 Å². The van der Waals surface area contributed by atoms with E-state index >= 15 is 0 Å². The van der Waals surface area contributed by atoms with Gasteiger partial charge in [-0.3, -0.25) is 9.78 Å². The van der Waals surface area contributed by atoms with Crippen LogP contribution in [0.5, 0.6) is 5.88 Å². The van der Waals surface area contributed by atoms with Crippen molar-refractivity contribution < 1.29 is 10.2 Å². The van der Waals surface area contributed by atoms with E-state index in [2.05, 4.69) is 4.98 Å². The Morgan fingerprint density at radius 2 is 2.15 bits per heavy atom. The van der Waals surface area contributed by atoms with Gasteiger partial charge in [-0.1, -0.05) is 0 Å². The Balaban J connectivity index is 3.08. The van der Waals surface area contributed by atoms with E-state index in [0.717, 1.165) is 0 Å². The molecule has 1 heterocycles. The maximum Gasteiger partial charge on any atom is 0.251 e. The quantitative estimate of drug-likeness (QED) is 0.496. The minimum atomic E-state index is -0.763. The van der Waals surface area contributed by atoms with Crippen molar-refractivity contribution in [3.05, 3.63) is 28.0 Å². The third-order valence-corrected chi connectivity index (χ3v) is 1.76. The SMILES string of the molecule is CC(O)[C@@H](N)c1cc(O)[nH]c(=O)c1. The average molecular weight is 184 g/mol. The minimum absolute atomic E-state index is 0.251. The second kappa shape index (κ2) is 3.59. The Hall–Kier alpha value is -1.33. The molecule has 5 heteroatoms. The molecule has 1 rings (SSSR count). The maximum absolute atomic E-state index is 10.9. The fourth-order valence-corrected chi connectivity index (χ4v) is 1.02. The molecule has 0 aliphatic rings. The monoisotopic (exact) mass is 184 g/mol. The molecule has 2 atom stereocenters. The number of pyridine rings is 1. The van der Waals surface area contributed by atoms with E-state index in [9.17, 15) is 4.79 Å². The third kappa shape index (κ3) is 2.30. The molecule has 0 saturated heterocycles. The summed E-state index contributed by atoms with van der Waals surface area (Å²) < 4.78 is 0. The summed E-state index contributed by atoms with van der Waals surface area (Å²) in [7, 11) is 0. The van der Waals surface area contributed by atoms with Gasteiger partial charge < -0.3 is 15.9 Å². The van der Waals surface area contributed by atoms with E-state index in [4.69, 9.17) is 15.9 Å². The van der Waals surface area contributed by atoms with Gasteiger partial charge in [-0.2, -0.15) is 0 Å². The highest BCUT2D eigenvalue weighted by Gasteiger charge is 2.13. The molecule has 0 spiro atoms. The number of aliphatic hydroxyl groups excluding tert-OH is 1. The van der Waals surface area contributed by atoms with Gasteiger partial charge in [0, 0.05) is 12.1 Å². The lowest BCUT2D eigenvalue weighted by atomic mass is 10.1. The Labute approximate surface area is 74.8 Å². The second-order valence-corrected chi connectivity index (χ2v) is 2.93. The van der Waals surface area contributed by atoms with Gasteiger partial charge in [0.15, 0.2) is 5.88 Å². The number of rotatable bonds is 2. The van der Waals surface area contributed by atoms with Crippen molar-refractivity contribution in [1.82, 2.24) is 4.98 Å². The van der Waals surface area contributed by atoms with Crippen LogP contribution in [0, 0.1) is 0 Å². The molecule has 1 aromatic rings. The van der Waals surface area contributed by atoms with Crippen molar-refractivity contribution >= 4 is 0 Å². The van der Waals surface area contributed by atoms with E-state index in [1.54, 1.807) is 0 Å². The molecule has 1 unspecified atom stereocenters. The first kappa shape index (κ1) is 9.76. The lowest BCUT2D eigenvalue weighted by Gasteiger charge is -2.14. The Morgan fingerprint density at radius 1 is 1.54 bits per heavy atom. The fourth-order valence-electron chi connectivity index (χ4n) is 1.02. The highest BCUT2D eigenvalue weighted by molar-refractivity contribution is 5.23. The van der Waals surface area contributed by atoms with E-state index in [1.165, 1.54) is 19.1 Å². The largest absolute Gasteiger partial charge is 0.495 e. The van der Waals surface area contributed by atoms with Crippen molar-refractivity contribution in [3.8, 4) is 5.88 Å². The average Bonchev–Trinajstić information content (AvgIpc) is 2.01. The summed E-state index contributed by atoms with van der Waals surface area (Å²) in [5.41, 5.74) is 5.54.